The molecule has 0 saturated heterocycles. The van der Waals surface area contributed by atoms with E-state index in [2.05, 4.69) is 42.4 Å². The number of methoxy groups -OCH3 is 1. The highest BCUT2D eigenvalue weighted by Gasteiger charge is 2.09. The number of hydrazone groups is 1. The van der Waals surface area contributed by atoms with Crippen LogP contribution >= 0.6 is 43.5 Å². The zero-order valence-electron chi connectivity index (χ0n) is 11.4. The molecule has 4 nitrogen and oxygen atoms in total. The zero-order chi connectivity index (χ0) is 16.1. The monoisotopic (exact) mass is 444 g/mol. The Morgan fingerprint density at radius 2 is 2.05 bits per heavy atom. The lowest BCUT2D eigenvalue weighted by molar-refractivity contribution is 0.0955. The molecule has 1 N–H and O–H groups in total. The van der Waals surface area contributed by atoms with Gasteiger partial charge in [-0.15, -0.1) is 0 Å². The summed E-state index contributed by atoms with van der Waals surface area (Å²) >= 11 is 12.8. The van der Waals surface area contributed by atoms with E-state index < -0.39 is 0 Å². The van der Waals surface area contributed by atoms with E-state index in [1.165, 1.54) is 6.21 Å². The summed E-state index contributed by atoms with van der Waals surface area (Å²) in [7, 11) is 1.56. The Hall–Kier alpha value is -1.37. The standard InChI is InChI=1S/C15H11Br2ClN2O2/c1-22-14-9(6-10(16)7-12(14)17)8-19-20-15(21)11-4-2-3-5-13(11)18/h2-8H,1H3,(H,20,21)/b19-8-. The number of halogens is 3. The Morgan fingerprint density at radius 1 is 1.32 bits per heavy atom. The van der Waals surface area contributed by atoms with Crippen molar-refractivity contribution in [2.24, 2.45) is 5.10 Å². The maximum atomic E-state index is 12.0. The molecule has 22 heavy (non-hydrogen) atoms. The van der Waals surface area contributed by atoms with Crippen LogP contribution in [0.3, 0.4) is 0 Å². The number of hydrogen-bond acceptors (Lipinski definition) is 3. The molecule has 0 fully saturated rings. The van der Waals surface area contributed by atoms with E-state index >= 15 is 0 Å². The van der Waals surface area contributed by atoms with Crippen LogP contribution in [0.5, 0.6) is 5.75 Å². The van der Waals surface area contributed by atoms with Gasteiger partial charge in [0.05, 0.1) is 28.4 Å². The zero-order valence-corrected chi connectivity index (χ0v) is 15.4. The molecule has 0 atom stereocenters. The third kappa shape index (κ3) is 4.09. The average Bonchev–Trinajstić information content (AvgIpc) is 2.47. The quantitative estimate of drug-likeness (QED) is 0.550. The van der Waals surface area contributed by atoms with Crippen molar-refractivity contribution in [3.8, 4) is 5.75 Å². The fourth-order valence-corrected chi connectivity index (χ4v) is 3.40. The summed E-state index contributed by atoms with van der Waals surface area (Å²) in [6, 6.07) is 10.5. The summed E-state index contributed by atoms with van der Waals surface area (Å²) in [4.78, 5) is 12.0. The first-order chi connectivity index (χ1) is 10.5. The highest BCUT2D eigenvalue weighted by Crippen LogP contribution is 2.31. The highest BCUT2D eigenvalue weighted by atomic mass is 79.9. The minimum absolute atomic E-state index is 0.365. The molecule has 0 aliphatic rings. The minimum atomic E-state index is -0.380. The van der Waals surface area contributed by atoms with Crippen molar-refractivity contribution in [2.75, 3.05) is 7.11 Å². The molecular formula is C15H11Br2ClN2O2. The number of carbonyl (C=O) groups excluding carboxylic acids is 1. The molecule has 0 aliphatic carbocycles. The molecule has 0 spiro atoms. The van der Waals surface area contributed by atoms with Crippen LogP contribution in [0.1, 0.15) is 15.9 Å². The topological polar surface area (TPSA) is 50.7 Å². The number of nitrogens with one attached hydrogen (secondary N) is 1. The summed E-state index contributed by atoms with van der Waals surface area (Å²) in [5.74, 6) is 0.244. The van der Waals surface area contributed by atoms with Gasteiger partial charge in [-0.2, -0.15) is 5.10 Å². The average molecular weight is 447 g/mol. The highest BCUT2D eigenvalue weighted by molar-refractivity contribution is 9.11. The summed E-state index contributed by atoms with van der Waals surface area (Å²) in [6.45, 7) is 0. The van der Waals surface area contributed by atoms with E-state index in [1.807, 2.05) is 12.1 Å². The molecule has 0 aliphatic heterocycles. The lowest BCUT2D eigenvalue weighted by Crippen LogP contribution is -2.18. The van der Waals surface area contributed by atoms with Crippen molar-refractivity contribution in [3.63, 3.8) is 0 Å². The fraction of sp³-hybridized carbons (Fsp3) is 0.0667. The number of ether oxygens (including phenoxy) is 1. The second-order valence-electron chi connectivity index (χ2n) is 4.19. The molecule has 2 aromatic rings. The molecule has 2 rings (SSSR count). The van der Waals surface area contributed by atoms with Gasteiger partial charge in [0, 0.05) is 10.0 Å². The van der Waals surface area contributed by atoms with E-state index in [0.29, 0.717) is 21.9 Å². The second-order valence-corrected chi connectivity index (χ2v) is 6.37. The summed E-state index contributed by atoms with van der Waals surface area (Å²) in [6.07, 6.45) is 1.50. The Balaban J connectivity index is 2.17. The van der Waals surface area contributed by atoms with Crippen LogP contribution < -0.4 is 10.2 Å². The number of amides is 1. The van der Waals surface area contributed by atoms with Crippen LogP contribution in [0.15, 0.2) is 50.4 Å². The van der Waals surface area contributed by atoms with Crippen LogP contribution in [0, 0.1) is 0 Å². The van der Waals surface area contributed by atoms with Crippen LogP contribution in [-0.2, 0) is 0 Å². The Morgan fingerprint density at radius 3 is 2.73 bits per heavy atom. The molecule has 114 valence electrons. The lowest BCUT2D eigenvalue weighted by Gasteiger charge is -2.08. The van der Waals surface area contributed by atoms with Gasteiger partial charge in [-0.25, -0.2) is 5.43 Å². The first-order valence-corrected chi connectivity index (χ1v) is 8.10. The van der Waals surface area contributed by atoms with Gasteiger partial charge in [0.2, 0.25) is 0 Å². The summed E-state index contributed by atoms with van der Waals surface area (Å²) in [5.41, 5.74) is 3.51. The van der Waals surface area contributed by atoms with Crippen LogP contribution in [-0.4, -0.2) is 19.2 Å². The molecule has 0 unspecified atom stereocenters. The van der Waals surface area contributed by atoms with Gasteiger partial charge in [0.15, 0.2) is 0 Å². The Labute approximate surface area is 149 Å². The normalized spacial score (nSPS) is 10.7. The number of nitrogens with zero attached hydrogens (tertiary/aromatic N) is 1. The lowest BCUT2D eigenvalue weighted by atomic mass is 10.2. The molecular weight excluding hydrogens is 435 g/mol. The van der Waals surface area contributed by atoms with Gasteiger partial charge in [-0.3, -0.25) is 4.79 Å². The Kier molecular flexibility index (Phi) is 5.99. The van der Waals surface area contributed by atoms with Gasteiger partial charge in [0.1, 0.15) is 5.75 Å². The molecule has 2 aromatic carbocycles. The SMILES string of the molecule is COc1c(Br)cc(Br)cc1/C=N\NC(=O)c1ccccc1Cl. The predicted molar refractivity (Wildman–Crippen MR) is 94.9 cm³/mol. The molecule has 0 bridgehead atoms. The van der Waals surface area contributed by atoms with Crippen molar-refractivity contribution in [1.29, 1.82) is 0 Å². The first-order valence-electron chi connectivity index (χ1n) is 6.14. The minimum Gasteiger partial charge on any atom is -0.495 e. The van der Waals surface area contributed by atoms with E-state index in [9.17, 15) is 4.79 Å². The van der Waals surface area contributed by atoms with Crippen LogP contribution in [0.2, 0.25) is 5.02 Å². The van der Waals surface area contributed by atoms with E-state index in [0.717, 1.165) is 8.95 Å². The maximum absolute atomic E-state index is 12.0. The molecule has 7 heteroatoms. The number of carbonyl (C=O) groups is 1. The molecule has 0 aromatic heterocycles. The molecule has 0 saturated carbocycles. The third-order valence-corrected chi connectivity index (χ3v) is 4.11. The van der Waals surface area contributed by atoms with Gasteiger partial charge in [-0.05, 0) is 40.2 Å². The van der Waals surface area contributed by atoms with Crippen LogP contribution in [0.25, 0.3) is 0 Å². The number of rotatable bonds is 4. The smallest absolute Gasteiger partial charge is 0.272 e. The first kappa shape index (κ1) is 17.0. The van der Waals surface area contributed by atoms with Crippen molar-refractivity contribution >= 4 is 55.6 Å². The van der Waals surface area contributed by atoms with Gasteiger partial charge in [-0.1, -0.05) is 39.7 Å². The van der Waals surface area contributed by atoms with Crippen molar-refractivity contribution in [2.45, 2.75) is 0 Å². The fourth-order valence-electron chi connectivity index (χ4n) is 1.76. The second kappa shape index (κ2) is 7.76. The van der Waals surface area contributed by atoms with Crippen LogP contribution in [0.4, 0.5) is 0 Å². The van der Waals surface area contributed by atoms with Gasteiger partial charge < -0.3 is 4.74 Å². The largest absolute Gasteiger partial charge is 0.495 e. The molecule has 0 radical (unpaired) electrons. The third-order valence-electron chi connectivity index (χ3n) is 2.73. The van der Waals surface area contributed by atoms with E-state index in [4.69, 9.17) is 16.3 Å². The van der Waals surface area contributed by atoms with E-state index in [1.54, 1.807) is 31.4 Å². The van der Waals surface area contributed by atoms with Gasteiger partial charge >= 0.3 is 0 Å². The van der Waals surface area contributed by atoms with E-state index in [-0.39, 0.29) is 5.91 Å². The number of benzene rings is 2. The molecule has 1 amide bonds. The number of hydrogen-bond donors (Lipinski definition) is 1. The summed E-state index contributed by atoms with van der Waals surface area (Å²) < 4.78 is 6.94. The van der Waals surface area contributed by atoms with Crippen molar-refractivity contribution in [1.82, 2.24) is 5.43 Å². The van der Waals surface area contributed by atoms with Gasteiger partial charge in [0.25, 0.3) is 5.91 Å². The van der Waals surface area contributed by atoms with Crippen molar-refractivity contribution in [3.05, 3.63) is 61.5 Å². The van der Waals surface area contributed by atoms with Crippen molar-refractivity contribution < 1.29 is 9.53 Å². The summed E-state index contributed by atoms with van der Waals surface area (Å²) in [5, 5.41) is 4.32. The Bertz CT molecular complexity index is 735. The molecule has 0 heterocycles. The predicted octanol–water partition coefficient (Wildman–Crippen LogP) is 4.64. The maximum Gasteiger partial charge on any atom is 0.272 e.